The van der Waals surface area contributed by atoms with Gasteiger partial charge < -0.3 is 20.2 Å². The van der Waals surface area contributed by atoms with E-state index in [1.165, 1.54) is 22.0 Å². The molecule has 2 heterocycles. The van der Waals surface area contributed by atoms with Crippen LogP contribution >= 0.6 is 11.8 Å². The molecule has 0 spiro atoms. The zero-order valence-electron chi connectivity index (χ0n) is 18.5. The number of aliphatic imine (C=N–C) groups is 1. The summed E-state index contributed by atoms with van der Waals surface area (Å²) in [5.74, 6) is 3.72. The van der Waals surface area contributed by atoms with Gasteiger partial charge in [-0.2, -0.15) is 11.8 Å². The lowest BCUT2D eigenvalue weighted by Gasteiger charge is -2.12. The fourth-order valence-electron chi connectivity index (χ4n) is 3.43. The van der Waals surface area contributed by atoms with Gasteiger partial charge in [-0.05, 0) is 49.3 Å². The Hall–Kier alpha value is -2.48. The summed E-state index contributed by atoms with van der Waals surface area (Å²) in [6.45, 7) is 6.36. The van der Waals surface area contributed by atoms with Crippen molar-refractivity contribution in [2.45, 2.75) is 39.7 Å². The van der Waals surface area contributed by atoms with Gasteiger partial charge in [-0.25, -0.2) is 4.99 Å². The van der Waals surface area contributed by atoms with E-state index in [9.17, 15) is 0 Å². The largest absolute Gasteiger partial charge is 0.361 e. The van der Waals surface area contributed by atoms with E-state index in [4.69, 9.17) is 4.99 Å². The molecule has 0 unspecified atom stereocenters. The highest BCUT2D eigenvalue weighted by molar-refractivity contribution is 7.98. The molecule has 1 aromatic carbocycles. The summed E-state index contributed by atoms with van der Waals surface area (Å²) in [6.07, 6.45) is 7.34. The molecule has 0 saturated carbocycles. The Bertz CT molecular complexity index is 973. The average molecular weight is 428 g/mol. The van der Waals surface area contributed by atoms with Crippen LogP contribution in [-0.2, 0) is 26.4 Å². The van der Waals surface area contributed by atoms with E-state index in [0.29, 0.717) is 6.54 Å². The summed E-state index contributed by atoms with van der Waals surface area (Å²) < 4.78 is 1.98. The molecule has 30 heavy (non-hydrogen) atoms. The second-order valence-electron chi connectivity index (χ2n) is 7.34. The molecule has 0 saturated heterocycles. The Morgan fingerprint density at radius 2 is 2.03 bits per heavy atom. The summed E-state index contributed by atoms with van der Waals surface area (Å²) in [7, 11) is 1.97. The summed E-state index contributed by atoms with van der Waals surface area (Å²) in [5, 5.41) is 16.6. The number of para-hydroxylation sites is 1. The van der Waals surface area contributed by atoms with Gasteiger partial charge in [0, 0.05) is 37.2 Å². The maximum Gasteiger partial charge on any atom is 0.191 e. The van der Waals surface area contributed by atoms with Crippen LogP contribution in [0.25, 0.3) is 10.9 Å². The summed E-state index contributed by atoms with van der Waals surface area (Å²) in [6, 6.07) is 6.54. The Labute approximate surface area is 183 Å². The number of nitrogens with one attached hydrogen (secondary N) is 3. The Morgan fingerprint density at radius 1 is 1.20 bits per heavy atom. The van der Waals surface area contributed by atoms with E-state index < -0.39 is 0 Å². The van der Waals surface area contributed by atoms with Crippen LogP contribution in [-0.4, -0.2) is 50.8 Å². The fourth-order valence-corrected chi connectivity index (χ4v) is 3.86. The van der Waals surface area contributed by atoms with Crippen molar-refractivity contribution in [1.82, 2.24) is 30.4 Å². The highest BCUT2D eigenvalue weighted by Crippen LogP contribution is 2.22. The molecule has 0 bridgehead atoms. The number of benzene rings is 1. The molecule has 3 N–H and O–H groups in total. The first-order valence-corrected chi connectivity index (χ1v) is 12.0. The third kappa shape index (κ3) is 5.56. The van der Waals surface area contributed by atoms with E-state index in [1.807, 2.05) is 30.3 Å². The van der Waals surface area contributed by atoms with Crippen molar-refractivity contribution in [3.63, 3.8) is 0 Å². The van der Waals surface area contributed by atoms with Crippen LogP contribution in [0.1, 0.15) is 36.1 Å². The van der Waals surface area contributed by atoms with Gasteiger partial charge in [0.15, 0.2) is 11.8 Å². The summed E-state index contributed by atoms with van der Waals surface area (Å²) in [5.41, 5.74) is 3.96. The summed E-state index contributed by atoms with van der Waals surface area (Å²) in [4.78, 5) is 8.19. The lowest BCUT2D eigenvalue weighted by atomic mass is 10.1. The first-order valence-electron chi connectivity index (χ1n) is 10.6. The topological polar surface area (TPSA) is 82.9 Å². The van der Waals surface area contributed by atoms with Crippen molar-refractivity contribution in [1.29, 1.82) is 0 Å². The average Bonchev–Trinajstić information content (AvgIpc) is 3.32. The van der Waals surface area contributed by atoms with Gasteiger partial charge in [0.1, 0.15) is 12.4 Å². The number of hydrogen-bond donors (Lipinski definition) is 3. The Kier molecular flexibility index (Phi) is 8.19. The number of aromatic amines is 1. The standard InChI is InChI=1S/C22H33N7S/c1-5-17-8-6-9-19-18(14-25-21(17)19)10-12-24-22(23-11-7-13-30-4)26-15-20-28-27-16(2)29(20)3/h6,8-9,14,25H,5,7,10-13,15H2,1-4H3,(H2,23,24,26). The van der Waals surface area contributed by atoms with Crippen LogP contribution in [0.5, 0.6) is 0 Å². The number of thioether (sulfide) groups is 1. The van der Waals surface area contributed by atoms with Gasteiger partial charge in [0.2, 0.25) is 0 Å². The van der Waals surface area contributed by atoms with Crippen LogP contribution in [0.15, 0.2) is 29.4 Å². The minimum Gasteiger partial charge on any atom is -0.361 e. The van der Waals surface area contributed by atoms with Gasteiger partial charge in [0.25, 0.3) is 0 Å². The number of guanidine groups is 1. The van der Waals surface area contributed by atoms with Crippen molar-refractivity contribution >= 4 is 28.6 Å². The molecule has 0 fully saturated rings. The van der Waals surface area contributed by atoms with E-state index >= 15 is 0 Å². The molecule has 3 aromatic rings. The van der Waals surface area contributed by atoms with Crippen molar-refractivity contribution in [3.05, 3.63) is 47.2 Å². The van der Waals surface area contributed by atoms with Crippen LogP contribution in [0.3, 0.4) is 0 Å². The molecular formula is C22H33N7S. The quantitative estimate of drug-likeness (QED) is 0.263. The van der Waals surface area contributed by atoms with Gasteiger partial charge >= 0.3 is 0 Å². The van der Waals surface area contributed by atoms with Gasteiger partial charge in [-0.15, -0.1) is 10.2 Å². The number of aromatic nitrogens is 4. The number of rotatable bonds is 10. The maximum absolute atomic E-state index is 4.73. The van der Waals surface area contributed by atoms with Gasteiger partial charge in [-0.1, -0.05) is 25.1 Å². The van der Waals surface area contributed by atoms with E-state index in [0.717, 1.165) is 55.7 Å². The summed E-state index contributed by atoms with van der Waals surface area (Å²) >= 11 is 1.86. The third-order valence-electron chi connectivity index (χ3n) is 5.33. The lowest BCUT2D eigenvalue weighted by molar-refractivity contribution is 0.743. The molecule has 7 nitrogen and oxygen atoms in total. The van der Waals surface area contributed by atoms with Crippen LogP contribution in [0, 0.1) is 6.92 Å². The zero-order valence-corrected chi connectivity index (χ0v) is 19.3. The SMILES string of the molecule is CCc1cccc2c(CCNC(=NCc3nnc(C)n3C)NCCCSC)c[nH]c12. The molecule has 162 valence electrons. The van der Waals surface area contributed by atoms with E-state index in [1.54, 1.807) is 0 Å². The van der Waals surface area contributed by atoms with Crippen molar-refractivity contribution < 1.29 is 0 Å². The number of hydrogen-bond acceptors (Lipinski definition) is 4. The molecule has 0 aliphatic rings. The van der Waals surface area contributed by atoms with Crippen molar-refractivity contribution in [2.24, 2.45) is 12.0 Å². The highest BCUT2D eigenvalue weighted by atomic mass is 32.2. The van der Waals surface area contributed by atoms with Crippen molar-refractivity contribution in [3.8, 4) is 0 Å². The number of aryl methyl sites for hydroxylation is 2. The van der Waals surface area contributed by atoms with Crippen molar-refractivity contribution in [2.75, 3.05) is 25.1 Å². The Morgan fingerprint density at radius 3 is 2.77 bits per heavy atom. The fraction of sp³-hybridized carbons (Fsp3) is 0.500. The number of fused-ring (bicyclic) bond motifs is 1. The molecule has 3 rings (SSSR count). The number of nitrogens with zero attached hydrogens (tertiary/aromatic N) is 4. The first-order chi connectivity index (χ1) is 14.6. The molecule has 0 aliphatic carbocycles. The molecule has 0 amide bonds. The van der Waals surface area contributed by atoms with E-state index in [-0.39, 0.29) is 0 Å². The normalized spacial score (nSPS) is 11.9. The monoisotopic (exact) mass is 427 g/mol. The minimum absolute atomic E-state index is 0.502. The van der Waals surface area contributed by atoms with Gasteiger partial charge in [-0.3, -0.25) is 0 Å². The van der Waals surface area contributed by atoms with Crippen LogP contribution in [0.2, 0.25) is 0 Å². The molecule has 8 heteroatoms. The second kappa shape index (κ2) is 11.1. The Balaban J connectivity index is 1.62. The molecule has 2 aromatic heterocycles. The molecular weight excluding hydrogens is 394 g/mol. The van der Waals surface area contributed by atoms with Gasteiger partial charge in [0.05, 0.1) is 0 Å². The molecule has 0 radical (unpaired) electrons. The first kappa shape index (κ1) is 22.2. The highest BCUT2D eigenvalue weighted by Gasteiger charge is 2.08. The molecule has 0 aliphatic heterocycles. The zero-order chi connectivity index (χ0) is 21.3. The molecule has 0 atom stereocenters. The number of H-pyrrole nitrogens is 1. The minimum atomic E-state index is 0.502. The second-order valence-corrected chi connectivity index (χ2v) is 8.33. The third-order valence-corrected chi connectivity index (χ3v) is 6.03. The predicted molar refractivity (Wildman–Crippen MR) is 127 cm³/mol. The maximum atomic E-state index is 4.73. The lowest BCUT2D eigenvalue weighted by Crippen LogP contribution is -2.39. The van der Waals surface area contributed by atoms with Crippen LogP contribution in [0.4, 0.5) is 0 Å². The smallest absolute Gasteiger partial charge is 0.191 e. The predicted octanol–water partition coefficient (Wildman–Crippen LogP) is 3.20. The van der Waals surface area contributed by atoms with E-state index in [2.05, 4.69) is 63.4 Å². The van der Waals surface area contributed by atoms with Crippen LogP contribution < -0.4 is 10.6 Å².